The molecule has 1 unspecified atom stereocenters. The van der Waals surface area contributed by atoms with Crippen LogP contribution < -0.4 is 5.56 Å². The van der Waals surface area contributed by atoms with Crippen molar-refractivity contribution in [2.24, 2.45) is 0 Å². The van der Waals surface area contributed by atoms with Gasteiger partial charge in [0.1, 0.15) is 10.7 Å². The normalized spacial score (nSPS) is 17.2. The summed E-state index contributed by atoms with van der Waals surface area (Å²) in [5, 5.41) is 10.1. The Kier molecular flexibility index (Phi) is 4.34. The monoisotopic (exact) mass is 346 g/mol. The van der Waals surface area contributed by atoms with Crippen LogP contribution in [-0.2, 0) is 17.8 Å². The molecule has 24 heavy (non-hydrogen) atoms. The van der Waals surface area contributed by atoms with Crippen LogP contribution in [0.1, 0.15) is 61.7 Å². The highest BCUT2D eigenvalue weighted by Crippen LogP contribution is 2.41. The number of rotatable bonds is 4. The lowest BCUT2D eigenvalue weighted by Crippen LogP contribution is -2.28. The summed E-state index contributed by atoms with van der Waals surface area (Å²) >= 11 is 1.48. The molecule has 0 fully saturated rings. The highest BCUT2D eigenvalue weighted by Gasteiger charge is 2.32. The molecule has 2 aromatic heterocycles. The van der Waals surface area contributed by atoms with Gasteiger partial charge >= 0.3 is 5.97 Å². The van der Waals surface area contributed by atoms with Crippen molar-refractivity contribution in [3.05, 3.63) is 38.8 Å². The Morgan fingerprint density at radius 3 is 2.79 bits per heavy atom. The predicted molar refractivity (Wildman–Crippen MR) is 96.1 cm³/mol. The standard InChI is InChI=1S/C18H22N2O3S/c1-9(2)8-20-15(10(3)4)19-16-14(17(20)21)13-11(18(22)23)6-5-7-12(13)24-16/h10-11H,1,5-8H2,2-4H3,(H,22,23). The van der Waals surface area contributed by atoms with Crippen molar-refractivity contribution >= 4 is 27.5 Å². The summed E-state index contributed by atoms with van der Waals surface area (Å²) in [5.41, 5.74) is 1.45. The summed E-state index contributed by atoms with van der Waals surface area (Å²) in [7, 11) is 0. The number of fused-ring (bicyclic) bond motifs is 3. The number of thiophene rings is 1. The fraction of sp³-hybridized carbons (Fsp3) is 0.500. The third kappa shape index (κ3) is 2.69. The minimum Gasteiger partial charge on any atom is -0.481 e. The molecule has 6 heteroatoms. The van der Waals surface area contributed by atoms with Crippen molar-refractivity contribution in [2.75, 3.05) is 0 Å². The topological polar surface area (TPSA) is 72.2 Å². The first-order chi connectivity index (χ1) is 11.3. The van der Waals surface area contributed by atoms with Gasteiger partial charge in [0.2, 0.25) is 0 Å². The van der Waals surface area contributed by atoms with Crippen molar-refractivity contribution in [3.8, 4) is 0 Å². The van der Waals surface area contributed by atoms with Crippen LogP contribution in [0.2, 0.25) is 0 Å². The minimum atomic E-state index is -0.852. The van der Waals surface area contributed by atoms with Crippen LogP contribution in [0.25, 0.3) is 10.2 Å². The van der Waals surface area contributed by atoms with E-state index in [-0.39, 0.29) is 11.5 Å². The molecule has 128 valence electrons. The molecule has 2 heterocycles. The van der Waals surface area contributed by atoms with E-state index in [2.05, 4.69) is 6.58 Å². The number of aryl methyl sites for hydroxylation is 1. The van der Waals surface area contributed by atoms with Crippen molar-refractivity contribution < 1.29 is 9.90 Å². The molecular weight excluding hydrogens is 324 g/mol. The van der Waals surface area contributed by atoms with Crippen molar-refractivity contribution in [1.29, 1.82) is 0 Å². The predicted octanol–water partition coefficient (Wildman–Crippen LogP) is 3.66. The van der Waals surface area contributed by atoms with Crippen molar-refractivity contribution in [2.45, 2.75) is 58.4 Å². The van der Waals surface area contributed by atoms with Gasteiger partial charge in [-0.15, -0.1) is 11.3 Å². The second-order valence-electron chi connectivity index (χ2n) is 6.88. The minimum absolute atomic E-state index is 0.107. The third-order valence-electron chi connectivity index (χ3n) is 4.44. The van der Waals surface area contributed by atoms with Gasteiger partial charge < -0.3 is 5.11 Å². The lowest BCUT2D eigenvalue weighted by Gasteiger charge is -2.19. The fourth-order valence-electron chi connectivity index (χ4n) is 3.44. The number of carboxylic acid groups (broad SMARTS) is 1. The first-order valence-corrected chi connectivity index (χ1v) is 9.06. The zero-order valence-electron chi connectivity index (χ0n) is 14.3. The van der Waals surface area contributed by atoms with Gasteiger partial charge in [0.25, 0.3) is 5.56 Å². The second kappa shape index (κ2) is 6.16. The van der Waals surface area contributed by atoms with Crippen molar-refractivity contribution in [1.82, 2.24) is 9.55 Å². The maximum atomic E-state index is 13.2. The summed E-state index contributed by atoms with van der Waals surface area (Å²) in [6, 6.07) is 0. The average molecular weight is 346 g/mol. The van der Waals surface area contributed by atoms with E-state index in [9.17, 15) is 14.7 Å². The highest BCUT2D eigenvalue weighted by atomic mass is 32.1. The Balaban J connectivity index is 2.36. The molecule has 3 rings (SSSR count). The molecule has 0 spiro atoms. The zero-order chi connectivity index (χ0) is 17.6. The van der Waals surface area contributed by atoms with Crippen LogP contribution >= 0.6 is 11.3 Å². The number of carboxylic acids is 1. The Labute approximate surface area is 144 Å². The van der Waals surface area contributed by atoms with E-state index in [1.165, 1.54) is 11.3 Å². The lowest BCUT2D eigenvalue weighted by atomic mass is 9.86. The van der Waals surface area contributed by atoms with Gasteiger partial charge in [-0.05, 0) is 31.7 Å². The Bertz CT molecular complexity index is 892. The second-order valence-corrected chi connectivity index (χ2v) is 7.96. The van der Waals surface area contributed by atoms with E-state index in [1.54, 1.807) is 4.57 Å². The molecule has 0 bridgehead atoms. The zero-order valence-corrected chi connectivity index (χ0v) is 15.1. The molecule has 0 saturated carbocycles. The van der Waals surface area contributed by atoms with E-state index in [0.717, 1.165) is 29.1 Å². The summed E-state index contributed by atoms with van der Waals surface area (Å²) in [5.74, 6) is -0.605. The number of hydrogen-bond donors (Lipinski definition) is 1. The highest BCUT2D eigenvalue weighted by molar-refractivity contribution is 7.18. The van der Waals surface area contributed by atoms with Gasteiger partial charge in [-0.2, -0.15) is 0 Å². The largest absolute Gasteiger partial charge is 0.481 e. The number of carbonyl (C=O) groups is 1. The van der Waals surface area contributed by atoms with Gasteiger partial charge in [0.15, 0.2) is 0 Å². The molecule has 1 aliphatic carbocycles. The first-order valence-electron chi connectivity index (χ1n) is 8.24. The Hall–Kier alpha value is -1.95. The fourth-order valence-corrected chi connectivity index (χ4v) is 4.71. The van der Waals surface area contributed by atoms with Gasteiger partial charge in [0.05, 0.1) is 11.3 Å². The molecule has 0 radical (unpaired) electrons. The molecule has 0 aromatic carbocycles. The summed E-state index contributed by atoms with van der Waals surface area (Å²) < 4.78 is 1.66. The molecule has 0 saturated heterocycles. The number of allylic oxidation sites excluding steroid dienone is 1. The molecule has 1 N–H and O–H groups in total. The molecule has 0 aliphatic heterocycles. The van der Waals surface area contributed by atoms with E-state index >= 15 is 0 Å². The summed E-state index contributed by atoms with van der Waals surface area (Å²) in [6.45, 7) is 10.2. The van der Waals surface area contributed by atoms with E-state index < -0.39 is 11.9 Å². The maximum Gasteiger partial charge on any atom is 0.311 e. The van der Waals surface area contributed by atoms with Crippen LogP contribution in [0.4, 0.5) is 0 Å². The molecule has 1 atom stereocenters. The number of aromatic nitrogens is 2. The molecule has 1 aliphatic rings. The Morgan fingerprint density at radius 1 is 1.50 bits per heavy atom. The van der Waals surface area contributed by atoms with E-state index in [4.69, 9.17) is 4.98 Å². The van der Waals surface area contributed by atoms with Gasteiger partial charge in [0, 0.05) is 17.3 Å². The van der Waals surface area contributed by atoms with Crippen LogP contribution in [-0.4, -0.2) is 20.6 Å². The van der Waals surface area contributed by atoms with E-state index in [0.29, 0.717) is 28.7 Å². The summed E-state index contributed by atoms with van der Waals surface area (Å²) in [4.78, 5) is 31.3. The summed E-state index contributed by atoms with van der Waals surface area (Å²) in [6.07, 6.45) is 2.25. The van der Waals surface area contributed by atoms with Gasteiger partial charge in [-0.25, -0.2) is 4.98 Å². The van der Waals surface area contributed by atoms with E-state index in [1.807, 2.05) is 20.8 Å². The Morgan fingerprint density at radius 2 is 2.21 bits per heavy atom. The number of nitrogens with zero attached hydrogens (tertiary/aromatic N) is 2. The quantitative estimate of drug-likeness (QED) is 0.858. The van der Waals surface area contributed by atoms with Crippen LogP contribution in [0, 0.1) is 0 Å². The van der Waals surface area contributed by atoms with Crippen LogP contribution in [0.5, 0.6) is 0 Å². The average Bonchev–Trinajstić information content (AvgIpc) is 2.87. The smallest absolute Gasteiger partial charge is 0.311 e. The molecule has 0 amide bonds. The van der Waals surface area contributed by atoms with Gasteiger partial charge in [-0.1, -0.05) is 26.0 Å². The SMILES string of the molecule is C=C(C)Cn1c(C(C)C)nc2sc3c(c2c1=O)C(C(=O)O)CCC3. The number of aliphatic carboxylic acids is 1. The van der Waals surface area contributed by atoms with Crippen molar-refractivity contribution in [3.63, 3.8) is 0 Å². The molecule has 5 nitrogen and oxygen atoms in total. The third-order valence-corrected chi connectivity index (χ3v) is 5.60. The first kappa shape index (κ1) is 16.9. The number of hydrogen-bond acceptors (Lipinski definition) is 4. The van der Waals surface area contributed by atoms with Crippen LogP contribution in [0.15, 0.2) is 16.9 Å². The maximum absolute atomic E-state index is 13.2. The van der Waals surface area contributed by atoms with Crippen LogP contribution in [0.3, 0.4) is 0 Å². The molecule has 2 aromatic rings. The molecular formula is C18H22N2O3S. The lowest BCUT2D eigenvalue weighted by molar-refractivity contribution is -0.139. The van der Waals surface area contributed by atoms with Gasteiger partial charge in [-0.3, -0.25) is 14.2 Å².